The van der Waals surface area contributed by atoms with Gasteiger partial charge in [-0.3, -0.25) is 14.6 Å². The van der Waals surface area contributed by atoms with Gasteiger partial charge in [0.1, 0.15) is 0 Å². The van der Waals surface area contributed by atoms with E-state index in [1.165, 1.54) is 6.07 Å². The van der Waals surface area contributed by atoms with Crippen molar-refractivity contribution in [2.75, 3.05) is 26.2 Å². The van der Waals surface area contributed by atoms with Gasteiger partial charge in [0, 0.05) is 29.5 Å². The quantitative estimate of drug-likeness (QED) is 0.647. The molecular weight excluding hydrogens is 427 g/mol. The van der Waals surface area contributed by atoms with Crippen molar-refractivity contribution in [2.45, 2.75) is 94.3 Å². The molecule has 2 saturated heterocycles. The molecule has 4 fully saturated rings. The first-order valence-corrected chi connectivity index (χ1v) is 12.9. The molecule has 2 aliphatic carbocycles. The van der Waals surface area contributed by atoms with Crippen LogP contribution >= 0.6 is 0 Å². The Balaban J connectivity index is 1.67. The number of carbonyl (C=O) groups is 1. The molecule has 2 heterocycles. The van der Waals surface area contributed by atoms with E-state index in [0.29, 0.717) is 16.7 Å². The molecule has 1 aromatic rings. The Morgan fingerprint density at radius 2 is 1.24 bits per heavy atom. The fourth-order valence-corrected chi connectivity index (χ4v) is 7.47. The van der Waals surface area contributed by atoms with E-state index in [-0.39, 0.29) is 23.9 Å². The standard InChI is InChI=1S/C26H36F3N3O/c27-26(28,29)20-12-11-19(25(30)33)23(17-7-5-9-21(17)31-13-1-2-14-31)24(20)18-8-6-10-22(18)32-15-3-4-16-32/h11-12,17-18,21-22H,1-10,13-16H2,(H2,30,33). The number of alkyl halides is 3. The highest BCUT2D eigenvalue weighted by Crippen LogP contribution is 2.51. The van der Waals surface area contributed by atoms with E-state index in [1.807, 2.05) is 0 Å². The van der Waals surface area contributed by atoms with E-state index in [4.69, 9.17) is 5.73 Å². The summed E-state index contributed by atoms with van der Waals surface area (Å²) in [5.74, 6) is -0.834. The molecule has 2 N–H and O–H groups in total. The lowest BCUT2D eigenvalue weighted by Gasteiger charge is -2.36. The van der Waals surface area contributed by atoms with Crippen LogP contribution in [-0.4, -0.2) is 54.0 Å². The van der Waals surface area contributed by atoms with Gasteiger partial charge in [0.05, 0.1) is 5.56 Å². The molecular formula is C26H36F3N3O. The van der Waals surface area contributed by atoms with Crippen LogP contribution in [0.4, 0.5) is 13.2 Å². The van der Waals surface area contributed by atoms with Crippen LogP contribution in [0.1, 0.15) is 103 Å². The number of benzene rings is 1. The van der Waals surface area contributed by atoms with Crippen LogP contribution in [0, 0.1) is 0 Å². The van der Waals surface area contributed by atoms with E-state index < -0.39 is 17.6 Å². The molecule has 0 spiro atoms. The molecule has 5 rings (SSSR count). The van der Waals surface area contributed by atoms with E-state index >= 15 is 0 Å². The van der Waals surface area contributed by atoms with Gasteiger partial charge >= 0.3 is 6.18 Å². The SMILES string of the molecule is NC(=O)c1ccc(C(F)(F)F)c(C2CCCC2N2CCCC2)c1C1CCCC1N1CCCC1. The molecule has 4 atom stereocenters. The second-order valence-corrected chi connectivity index (χ2v) is 10.5. The molecule has 182 valence electrons. The van der Waals surface area contributed by atoms with Crippen molar-refractivity contribution in [3.05, 3.63) is 34.4 Å². The lowest BCUT2D eigenvalue weighted by atomic mass is 9.77. The zero-order chi connectivity index (χ0) is 23.2. The zero-order valence-corrected chi connectivity index (χ0v) is 19.4. The summed E-state index contributed by atoms with van der Waals surface area (Å²) in [6, 6.07) is 2.84. The maximum absolute atomic E-state index is 14.5. The summed E-state index contributed by atoms with van der Waals surface area (Å²) < 4.78 is 43.4. The van der Waals surface area contributed by atoms with Crippen LogP contribution in [0.25, 0.3) is 0 Å². The number of halogens is 3. The molecule has 1 amide bonds. The number of amides is 1. The average molecular weight is 464 g/mol. The fraction of sp³-hybridized carbons (Fsp3) is 0.731. The van der Waals surface area contributed by atoms with E-state index in [2.05, 4.69) is 9.80 Å². The van der Waals surface area contributed by atoms with Gasteiger partial charge in [0.2, 0.25) is 5.91 Å². The minimum atomic E-state index is -4.44. The number of hydrogen-bond donors (Lipinski definition) is 1. The summed E-state index contributed by atoms with van der Waals surface area (Å²) in [5, 5.41) is 0. The van der Waals surface area contributed by atoms with Crippen molar-refractivity contribution < 1.29 is 18.0 Å². The highest BCUT2D eigenvalue weighted by atomic mass is 19.4. The lowest BCUT2D eigenvalue weighted by molar-refractivity contribution is -0.138. The Bertz CT molecular complexity index is 874. The summed E-state index contributed by atoms with van der Waals surface area (Å²) >= 11 is 0. The molecule has 2 saturated carbocycles. The highest BCUT2D eigenvalue weighted by molar-refractivity contribution is 5.95. The van der Waals surface area contributed by atoms with Crippen LogP contribution in [0.5, 0.6) is 0 Å². The van der Waals surface area contributed by atoms with Crippen LogP contribution in [0.2, 0.25) is 0 Å². The number of likely N-dealkylation sites (tertiary alicyclic amines) is 2. The predicted molar refractivity (Wildman–Crippen MR) is 122 cm³/mol. The van der Waals surface area contributed by atoms with E-state index in [1.54, 1.807) is 0 Å². The topological polar surface area (TPSA) is 49.6 Å². The third-order valence-electron chi connectivity index (χ3n) is 8.78. The Hall–Kier alpha value is -1.60. The molecule has 0 radical (unpaired) electrons. The monoisotopic (exact) mass is 463 g/mol. The van der Waals surface area contributed by atoms with Crippen molar-refractivity contribution in [2.24, 2.45) is 5.73 Å². The van der Waals surface area contributed by atoms with Gasteiger partial charge in [0.15, 0.2) is 0 Å². The number of nitrogens with zero attached hydrogens (tertiary/aromatic N) is 2. The summed E-state index contributed by atoms with van der Waals surface area (Å²) in [6.45, 7) is 3.93. The first-order chi connectivity index (χ1) is 15.9. The van der Waals surface area contributed by atoms with Crippen LogP contribution < -0.4 is 5.73 Å². The number of hydrogen-bond acceptors (Lipinski definition) is 3. The highest BCUT2D eigenvalue weighted by Gasteiger charge is 2.46. The number of rotatable bonds is 5. The molecule has 4 unspecified atom stereocenters. The number of carbonyl (C=O) groups excluding carboxylic acids is 1. The Kier molecular flexibility index (Phi) is 6.47. The van der Waals surface area contributed by atoms with Gasteiger partial charge in [0.25, 0.3) is 0 Å². The molecule has 1 aromatic carbocycles. The first kappa shape index (κ1) is 23.2. The molecule has 33 heavy (non-hydrogen) atoms. The van der Waals surface area contributed by atoms with Gasteiger partial charge in [-0.15, -0.1) is 0 Å². The van der Waals surface area contributed by atoms with Crippen molar-refractivity contribution >= 4 is 5.91 Å². The maximum Gasteiger partial charge on any atom is 0.416 e. The Labute approximate surface area is 194 Å². The minimum Gasteiger partial charge on any atom is -0.366 e. The summed E-state index contributed by atoms with van der Waals surface area (Å²) in [7, 11) is 0. The smallest absolute Gasteiger partial charge is 0.366 e. The zero-order valence-electron chi connectivity index (χ0n) is 19.4. The summed E-state index contributed by atoms with van der Waals surface area (Å²) in [6.07, 6.45) is 5.48. The normalized spacial score (nSPS) is 31.6. The van der Waals surface area contributed by atoms with Crippen molar-refractivity contribution in [1.82, 2.24) is 9.80 Å². The van der Waals surface area contributed by atoms with E-state index in [9.17, 15) is 18.0 Å². The molecule has 0 aromatic heterocycles. The van der Waals surface area contributed by atoms with Gasteiger partial charge in [-0.25, -0.2) is 0 Å². The van der Waals surface area contributed by atoms with Gasteiger partial charge < -0.3 is 5.73 Å². The van der Waals surface area contributed by atoms with E-state index in [0.717, 1.165) is 96.5 Å². The van der Waals surface area contributed by atoms with Crippen LogP contribution in [0.3, 0.4) is 0 Å². The maximum atomic E-state index is 14.5. The number of nitrogens with two attached hydrogens (primary N) is 1. The largest absolute Gasteiger partial charge is 0.416 e. The summed E-state index contributed by atoms with van der Waals surface area (Å²) in [4.78, 5) is 17.5. The molecule has 4 aliphatic rings. The molecule has 0 bridgehead atoms. The molecule has 4 nitrogen and oxygen atoms in total. The predicted octanol–water partition coefficient (Wildman–Crippen LogP) is 5.27. The van der Waals surface area contributed by atoms with Gasteiger partial charge in [-0.05, 0) is 101 Å². The average Bonchev–Trinajstić information content (AvgIpc) is 3.57. The lowest BCUT2D eigenvalue weighted by Crippen LogP contribution is -2.38. The third kappa shape index (κ3) is 4.31. The summed E-state index contributed by atoms with van der Waals surface area (Å²) in [5.41, 5.74) is 6.65. The van der Waals surface area contributed by atoms with Gasteiger partial charge in [-0.1, -0.05) is 12.8 Å². The van der Waals surface area contributed by atoms with Crippen molar-refractivity contribution in [3.8, 4) is 0 Å². The molecule has 2 aliphatic heterocycles. The van der Waals surface area contributed by atoms with Crippen LogP contribution in [0.15, 0.2) is 12.1 Å². The second-order valence-electron chi connectivity index (χ2n) is 10.5. The van der Waals surface area contributed by atoms with Crippen LogP contribution in [-0.2, 0) is 6.18 Å². The fourth-order valence-electron chi connectivity index (χ4n) is 7.47. The Morgan fingerprint density at radius 1 is 0.758 bits per heavy atom. The first-order valence-electron chi connectivity index (χ1n) is 12.9. The molecule has 7 heteroatoms. The second kappa shape index (κ2) is 9.21. The Morgan fingerprint density at radius 3 is 1.70 bits per heavy atom. The minimum absolute atomic E-state index is 0.0530. The van der Waals surface area contributed by atoms with Crippen molar-refractivity contribution in [3.63, 3.8) is 0 Å². The number of primary amides is 1. The van der Waals surface area contributed by atoms with Gasteiger partial charge in [-0.2, -0.15) is 13.2 Å². The third-order valence-corrected chi connectivity index (χ3v) is 8.78. The van der Waals surface area contributed by atoms with Crippen molar-refractivity contribution in [1.29, 1.82) is 0 Å².